The van der Waals surface area contributed by atoms with E-state index >= 15 is 0 Å². The summed E-state index contributed by atoms with van der Waals surface area (Å²) in [6, 6.07) is 4.46. The minimum atomic E-state index is -0.922. The number of hydrogen-bond acceptors (Lipinski definition) is 4. The molecular weight excluding hydrogens is 273 g/mol. The molecule has 0 aliphatic carbocycles. The Labute approximate surface area is 116 Å². The molecule has 19 heavy (non-hydrogen) atoms. The molecule has 1 aliphatic heterocycles. The fraction of sp³-hybridized carbons (Fsp3) is 0.538. The van der Waals surface area contributed by atoms with Crippen LogP contribution in [0.5, 0.6) is 0 Å². The van der Waals surface area contributed by atoms with Gasteiger partial charge in [-0.25, -0.2) is 4.39 Å². The Morgan fingerprint density at radius 2 is 2.32 bits per heavy atom. The predicted octanol–water partition coefficient (Wildman–Crippen LogP) is 1.11. The Morgan fingerprint density at radius 3 is 3.00 bits per heavy atom. The van der Waals surface area contributed by atoms with Crippen LogP contribution in [0.25, 0.3) is 0 Å². The van der Waals surface area contributed by atoms with Crippen molar-refractivity contribution < 1.29 is 19.3 Å². The molecule has 0 amide bonds. The molecule has 1 aromatic rings. The summed E-state index contributed by atoms with van der Waals surface area (Å²) in [7, 11) is 0. The maximum atomic E-state index is 13.5. The van der Waals surface area contributed by atoms with Crippen LogP contribution in [-0.2, 0) is 4.74 Å². The first-order valence-corrected chi connectivity index (χ1v) is 6.57. The van der Waals surface area contributed by atoms with Crippen molar-refractivity contribution in [2.24, 2.45) is 5.92 Å². The lowest BCUT2D eigenvalue weighted by Crippen LogP contribution is -2.36. The third kappa shape index (κ3) is 3.43. The Kier molecular flexibility index (Phi) is 5.13. The smallest absolute Gasteiger partial charge is 0.142 e. The van der Waals surface area contributed by atoms with Crippen molar-refractivity contribution in [2.75, 3.05) is 26.3 Å². The van der Waals surface area contributed by atoms with E-state index in [0.717, 1.165) is 0 Å². The molecule has 106 valence electrons. The van der Waals surface area contributed by atoms with E-state index < -0.39 is 18.0 Å². The summed E-state index contributed by atoms with van der Waals surface area (Å²) in [6.45, 7) is 1.25. The lowest BCUT2D eigenvalue weighted by Gasteiger charge is -2.28. The van der Waals surface area contributed by atoms with Gasteiger partial charge in [0.05, 0.1) is 30.4 Å². The first-order chi connectivity index (χ1) is 9.13. The van der Waals surface area contributed by atoms with E-state index in [1.807, 2.05) is 0 Å². The van der Waals surface area contributed by atoms with E-state index in [1.54, 1.807) is 6.07 Å². The molecule has 4 nitrogen and oxygen atoms in total. The third-order valence-corrected chi connectivity index (χ3v) is 3.61. The Hall–Kier alpha value is -0.720. The maximum absolute atomic E-state index is 13.5. The van der Waals surface area contributed by atoms with Gasteiger partial charge in [-0.2, -0.15) is 0 Å². The highest BCUT2D eigenvalue weighted by Gasteiger charge is 2.31. The molecule has 0 radical (unpaired) electrons. The first kappa shape index (κ1) is 14.7. The summed E-state index contributed by atoms with van der Waals surface area (Å²) < 4.78 is 19.2. The Morgan fingerprint density at radius 1 is 1.53 bits per heavy atom. The molecule has 0 spiro atoms. The van der Waals surface area contributed by atoms with Crippen molar-refractivity contribution in [3.63, 3.8) is 0 Å². The van der Waals surface area contributed by atoms with E-state index in [0.29, 0.717) is 25.3 Å². The van der Waals surface area contributed by atoms with E-state index in [4.69, 9.17) is 21.4 Å². The number of ether oxygens (including phenoxy) is 1. The lowest BCUT2D eigenvalue weighted by atomic mass is 9.91. The molecular formula is C13H17ClFNO3. The minimum absolute atomic E-state index is 0.0507. The van der Waals surface area contributed by atoms with Gasteiger partial charge >= 0.3 is 0 Å². The molecule has 1 heterocycles. The molecule has 3 unspecified atom stereocenters. The number of rotatable bonds is 3. The quantitative estimate of drug-likeness (QED) is 0.780. The standard InChI is InChI=1S/C13H17ClFNO3/c14-10-2-1-8(5-11(10)15)13-9(12(18)7-17)6-16-3-4-19-13/h1-2,5,9,12-13,16-18H,3-4,6-7H2. The summed E-state index contributed by atoms with van der Waals surface area (Å²) >= 11 is 5.66. The van der Waals surface area contributed by atoms with Crippen LogP contribution in [0.3, 0.4) is 0 Å². The molecule has 3 atom stereocenters. The maximum Gasteiger partial charge on any atom is 0.142 e. The van der Waals surface area contributed by atoms with Crippen LogP contribution in [-0.4, -0.2) is 42.6 Å². The van der Waals surface area contributed by atoms with Crippen LogP contribution in [0.1, 0.15) is 11.7 Å². The predicted molar refractivity (Wildman–Crippen MR) is 69.6 cm³/mol. The van der Waals surface area contributed by atoms with Crippen LogP contribution in [0, 0.1) is 11.7 Å². The normalized spacial score (nSPS) is 25.9. The van der Waals surface area contributed by atoms with E-state index in [1.165, 1.54) is 12.1 Å². The van der Waals surface area contributed by atoms with Crippen molar-refractivity contribution >= 4 is 11.6 Å². The second kappa shape index (κ2) is 6.63. The molecule has 0 bridgehead atoms. The van der Waals surface area contributed by atoms with Crippen molar-refractivity contribution in [3.8, 4) is 0 Å². The van der Waals surface area contributed by atoms with Crippen LogP contribution < -0.4 is 5.32 Å². The molecule has 3 N–H and O–H groups in total. The zero-order valence-corrected chi connectivity index (χ0v) is 11.1. The molecule has 0 saturated carbocycles. The Balaban J connectivity index is 2.28. The molecule has 6 heteroatoms. The van der Waals surface area contributed by atoms with E-state index in [2.05, 4.69) is 5.32 Å². The topological polar surface area (TPSA) is 61.7 Å². The van der Waals surface area contributed by atoms with Gasteiger partial charge in [0, 0.05) is 19.0 Å². The van der Waals surface area contributed by atoms with Gasteiger partial charge in [-0.15, -0.1) is 0 Å². The summed E-state index contributed by atoms with van der Waals surface area (Å²) in [5, 5.41) is 22.2. The first-order valence-electron chi connectivity index (χ1n) is 6.19. The summed E-state index contributed by atoms with van der Waals surface area (Å²) in [5.41, 5.74) is 0.614. The van der Waals surface area contributed by atoms with Gasteiger partial charge in [0.1, 0.15) is 5.82 Å². The number of hydrogen-bond donors (Lipinski definition) is 3. The number of nitrogens with one attached hydrogen (secondary N) is 1. The fourth-order valence-corrected chi connectivity index (χ4v) is 2.38. The lowest BCUT2D eigenvalue weighted by molar-refractivity contribution is -0.0396. The number of aliphatic hydroxyl groups excluding tert-OH is 2. The van der Waals surface area contributed by atoms with Crippen molar-refractivity contribution in [2.45, 2.75) is 12.2 Å². The zero-order chi connectivity index (χ0) is 13.8. The third-order valence-electron chi connectivity index (χ3n) is 3.30. The van der Waals surface area contributed by atoms with Crippen molar-refractivity contribution in [1.82, 2.24) is 5.32 Å². The monoisotopic (exact) mass is 289 g/mol. The average Bonchev–Trinajstić information content (AvgIpc) is 2.66. The van der Waals surface area contributed by atoms with Crippen molar-refractivity contribution in [3.05, 3.63) is 34.6 Å². The minimum Gasteiger partial charge on any atom is -0.394 e. The van der Waals surface area contributed by atoms with Crippen LogP contribution in [0.4, 0.5) is 4.39 Å². The van der Waals surface area contributed by atoms with E-state index in [-0.39, 0.29) is 17.5 Å². The van der Waals surface area contributed by atoms with Gasteiger partial charge in [0.15, 0.2) is 0 Å². The van der Waals surface area contributed by atoms with Crippen LogP contribution in [0.2, 0.25) is 5.02 Å². The number of halogens is 2. The van der Waals surface area contributed by atoms with Crippen molar-refractivity contribution in [1.29, 1.82) is 0 Å². The molecule has 1 saturated heterocycles. The van der Waals surface area contributed by atoms with Gasteiger partial charge in [-0.05, 0) is 17.7 Å². The van der Waals surface area contributed by atoms with Gasteiger partial charge in [0.25, 0.3) is 0 Å². The number of aliphatic hydroxyl groups is 2. The van der Waals surface area contributed by atoms with Crippen LogP contribution in [0.15, 0.2) is 18.2 Å². The van der Waals surface area contributed by atoms with Gasteiger partial charge in [-0.3, -0.25) is 0 Å². The highest BCUT2D eigenvalue weighted by atomic mass is 35.5. The average molecular weight is 290 g/mol. The SMILES string of the molecule is OCC(O)C1CNCCOC1c1ccc(Cl)c(F)c1. The molecule has 0 aromatic heterocycles. The molecule has 1 aromatic carbocycles. The van der Waals surface area contributed by atoms with Gasteiger partial charge in [-0.1, -0.05) is 17.7 Å². The molecule has 1 aliphatic rings. The highest BCUT2D eigenvalue weighted by Crippen LogP contribution is 2.31. The Bertz CT molecular complexity index is 432. The summed E-state index contributed by atoms with van der Waals surface area (Å²) in [6.07, 6.45) is -1.39. The molecule has 2 rings (SSSR count). The number of benzene rings is 1. The second-order valence-corrected chi connectivity index (χ2v) is 4.99. The van der Waals surface area contributed by atoms with Gasteiger partial charge < -0.3 is 20.3 Å². The fourth-order valence-electron chi connectivity index (χ4n) is 2.26. The second-order valence-electron chi connectivity index (χ2n) is 4.58. The highest BCUT2D eigenvalue weighted by molar-refractivity contribution is 6.30. The summed E-state index contributed by atoms with van der Waals surface area (Å²) in [4.78, 5) is 0. The van der Waals surface area contributed by atoms with E-state index in [9.17, 15) is 9.50 Å². The molecule has 1 fully saturated rings. The summed E-state index contributed by atoms with van der Waals surface area (Å²) in [5.74, 6) is -0.856. The van der Waals surface area contributed by atoms with Crippen LogP contribution >= 0.6 is 11.6 Å². The zero-order valence-electron chi connectivity index (χ0n) is 10.4. The largest absolute Gasteiger partial charge is 0.394 e. The van der Waals surface area contributed by atoms with Gasteiger partial charge in [0.2, 0.25) is 0 Å².